The Morgan fingerprint density at radius 2 is 2.00 bits per heavy atom. The highest BCUT2D eigenvalue weighted by Crippen LogP contribution is 2.25. The maximum Gasteiger partial charge on any atom is 0.137 e. The second kappa shape index (κ2) is 8.70. The molecule has 0 radical (unpaired) electrons. The first-order valence-electron chi connectivity index (χ1n) is 7.23. The summed E-state index contributed by atoms with van der Waals surface area (Å²) < 4.78 is 13.9. The number of benzene rings is 1. The Hall–Kier alpha value is -0.410. The van der Waals surface area contributed by atoms with E-state index in [1.165, 1.54) is 18.4 Å². The van der Waals surface area contributed by atoms with Crippen LogP contribution in [0, 0.1) is 11.7 Å². The molecule has 0 fully saturated rings. The van der Waals surface area contributed by atoms with Crippen molar-refractivity contribution in [3.63, 3.8) is 0 Å². The molecule has 0 amide bonds. The van der Waals surface area contributed by atoms with Crippen molar-refractivity contribution in [2.24, 2.45) is 5.92 Å². The van der Waals surface area contributed by atoms with Crippen LogP contribution in [0.4, 0.5) is 4.39 Å². The molecule has 1 unspecified atom stereocenters. The van der Waals surface area contributed by atoms with E-state index in [0.717, 1.165) is 25.3 Å². The Kier molecular flexibility index (Phi) is 7.62. The largest absolute Gasteiger partial charge is 0.310 e. The lowest BCUT2D eigenvalue weighted by Gasteiger charge is -2.20. The molecule has 0 saturated carbocycles. The minimum Gasteiger partial charge on any atom is -0.310 e. The van der Waals surface area contributed by atoms with Crippen LogP contribution in [-0.2, 0) is 0 Å². The Morgan fingerprint density at radius 1 is 1.26 bits per heavy atom. The zero-order valence-corrected chi connectivity index (χ0v) is 13.8. The van der Waals surface area contributed by atoms with E-state index >= 15 is 0 Å². The zero-order valence-electron chi connectivity index (χ0n) is 12.2. The third-order valence-electron chi connectivity index (χ3n) is 3.26. The summed E-state index contributed by atoms with van der Waals surface area (Å²) in [5.74, 6) is 0.548. The smallest absolute Gasteiger partial charge is 0.137 e. The fourth-order valence-corrected chi connectivity index (χ4v) is 2.56. The fourth-order valence-electron chi connectivity index (χ4n) is 2.16. The summed E-state index contributed by atoms with van der Waals surface area (Å²) in [6.45, 7) is 7.67. The van der Waals surface area contributed by atoms with Crippen LogP contribution in [0.25, 0.3) is 0 Å². The molecule has 0 spiro atoms. The second-order valence-electron chi connectivity index (χ2n) is 5.51. The van der Waals surface area contributed by atoms with Gasteiger partial charge in [0.2, 0.25) is 0 Å². The number of halogens is 2. The van der Waals surface area contributed by atoms with Crippen LogP contribution in [0.3, 0.4) is 0 Å². The fraction of sp³-hybridized carbons (Fsp3) is 0.625. The molecule has 0 aliphatic carbocycles. The molecule has 0 heterocycles. The predicted molar refractivity (Wildman–Crippen MR) is 83.8 cm³/mol. The summed E-state index contributed by atoms with van der Waals surface area (Å²) in [7, 11) is 0. The monoisotopic (exact) mass is 329 g/mol. The molecule has 0 saturated heterocycles. The molecule has 1 aromatic rings. The quantitative estimate of drug-likeness (QED) is 0.668. The summed E-state index contributed by atoms with van der Waals surface area (Å²) in [5.41, 5.74) is 1.17. The van der Waals surface area contributed by atoms with Gasteiger partial charge in [-0.05, 0) is 58.9 Å². The van der Waals surface area contributed by atoms with Crippen LogP contribution < -0.4 is 5.32 Å². The van der Waals surface area contributed by atoms with Gasteiger partial charge in [-0.2, -0.15) is 0 Å². The van der Waals surface area contributed by atoms with Crippen LogP contribution in [0.5, 0.6) is 0 Å². The second-order valence-corrected chi connectivity index (χ2v) is 6.36. The van der Waals surface area contributed by atoms with Crippen molar-refractivity contribution in [2.75, 3.05) is 6.54 Å². The van der Waals surface area contributed by atoms with Crippen molar-refractivity contribution in [1.82, 2.24) is 5.32 Å². The third kappa shape index (κ3) is 6.05. The number of hydrogen-bond acceptors (Lipinski definition) is 1. The van der Waals surface area contributed by atoms with Crippen molar-refractivity contribution >= 4 is 15.9 Å². The first-order chi connectivity index (χ1) is 9.04. The molecule has 0 bridgehead atoms. The third-order valence-corrected chi connectivity index (χ3v) is 3.87. The molecule has 1 nitrogen and oxygen atoms in total. The Morgan fingerprint density at radius 3 is 2.58 bits per heavy atom. The van der Waals surface area contributed by atoms with E-state index in [4.69, 9.17) is 0 Å². The summed E-state index contributed by atoms with van der Waals surface area (Å²) in [4.78, 5) is 0. The molecule has 0 aromatic heterocycles. The summed E-state index contributed by atoms with van der Waals surface area (Å²) in [6.07, 6.45) is 4.67. The van der Waals surface area contributed by atoms with Crippen molar-refractivity contribution in [1.29, 1.82) is 0 Å². The highest BCUT2D eigenvalue weighted by Gasteiger charge is 2.12. The van der Waals surface area contributed by atoms with E-state index < -0.39 is 0 Å². The minimum absolute atomic E-state index is 0.194. The Labute approximate surface area is 125 Å². The van der Waals surface area contributed by atoms with Gasteiger partial charge >= 0.3 is 0 Å². The highest BCUT2D eigenvalue weighted by molar-refractivity contribution is 9.10. The van der Waals surface area contributed by atoms with Crippen LogP contribution >= 0.6 is 15.9 Å². The van der Waals surface area contributed by atoms with E-state index in [1.54, 1.807) is 6.07 Å². The lowest BCUT2D eigenvalue weighted by molar-refractivity contribution is 0.447. The normalized spacial score (nSPS) is 12.9. The first kappa shape index (κ1) is 16.6. The Bertz CT molecular complexity index is 379. The van der Waals surface area contributed by atoms with Crippen LogP contribution in [0.15, 0.2) is 22.7 Å². The number of nitrogens with one attached hydrogen (secondary N) is 1. The molecule has 1 N–H and O–H groups in total. The number of rotatable bonds is 8. The number of hydrogen-bond donors (Lipinski definition) is 1. The lowest BCUT2D eigenvalue weighted by atomic mass is 9.98. The average Bonchev–Trinajstić information content (AvgIpc) is 2.36. The average molecular weight is 330 g/mol. The topological polar surface area (TPSA) is 12.0 Å². The SMILES string of the molecule is CCCNC(CCCC(C)C)c1ccc(F)c(Br)c1. The summed E-state index contributed by atoms with van der Waals surface area (Å²) in [6, 6.07) is 5.67. The van der Waals surface area contributed by atoms with Gasteiger partial charge in [0.15, 0.2) is 0 Å². The van der Waals surface area contributed by atoms with Crippen molar-refractivity contribution < 1.29 is 4.39 Å². The molecular weight excluding hydrogens is 305 g/mol. The van der Waals surface area contributed by atoms with Gasteiger partial charge in [0.05, 0.1) is 4.47 Å². The maximum absolute atomic E-state index is 13.3. The van der Waals surface area contributed by atoms with Crippen LogP contribution in [0.2, 0.25) is 0 Å². The van der Waals surface area contributed by atoms with Gasteiger partial charge < -0.3 is 5.32 Å². The molecule has 1 rings (SSSR count). The standard InChI is InChI=1S/C16H25BrFN/c1-4-10-19-16(7-5-6-12(2)3)13-8-9-15(18)14(17)11-13/h8-9,11-12,16,19H,4-7,10H2,1-3H3. The molecule has 108 valence electrons. The van der Waals surface area contributed by atoms with Crippen molar-refractivity contribution in [2.45, 2.75) is 52.5 Å². The van der Waals surface area contributed by atoms with E-state index in [-0.39, 0.29) is 5.82 Å². The summed E-state index contributed by atoms with van der Waals surface area (Å²) >= 11 is 3.27. The molecule has 19 heavy (non-hydrogen) atoms. The first-order valence-corrected chi connectivity index (χ1v) is 8.02. The molecular formula is C16H25BrFN. The predicted octanol–water partition coefficient (Wildman–Crippen LogP) is 5.46. The maximum atomic E-state index is 13.3. The van der Waals surface area contributed by atoms with Gasteiger partial charge in [-0.15, -0.1) is 0 Å². The molecule has 0 aliphatic heterocycles. The van der Waals surface area contributed by atoms with Crippen LogP contribution in [0.1, 0.15) is 58.1 Å². The van der Waals surface area contributed by atoms with Gasteiger partial charge in [0, 0.05) is 6.04 Å². The van der Waals surface area contributed by atoms with Gasteiger partial charge in [-0.25, -0.2) is 4.39 Å². The van der Waals surface area contributed by atoms with Gasteiger partial charge in [0.25, 0.3) is 0 Å². The lowest BCUT2D eigenvalue weighted by Crippen LogP contribution is -2.22. The van der Waals surface area contributed by atoms with E-state index in [2.05, 4.69) is 42.0 Å². The van der Waals surface area contributed by atoms with E-state index in [0.29, 0.717) is 10.5 Å². The summed E-state index contributed by atoms with van der Waals surface area (Å²) in [5, 5.41) is 3.56. The molecule has 0 aliphatic rings. The Balaban J connectivity index is 2.68. The van der Waals surface area contributed by atoms with Crippen molar-refractivity contribution in [3.8, 4) is 0 Å². The molecule has 1 atom stereocenters. The highest BCUT2D eigenvalue weighted by atomic mass is 79.9. The molecule has 3 heteroatoms. The van der Waals surface area contributed by atoms with Gasteiger partial charge in [-0.1, -0.05) is 39.7 Å². The molecule has 1 aromatic carbocycles. The zero-order chi connectivity index (χ0) is 14.3. The van der Waals surface area contributed by atoms with Crippen molar-refractivity contribution in [3.05, 3.63) is 34.1 Å². The van der Waals surface area contributed by atoms with Gasteiger partial charge in [-0.3, -0.25) is 0 Å². The van der Waals surface area contributed by atoms with Gasteiger partial charge in [0.1, 0.15) is 5.82 Å². The van der Waals surface area contributed by atoms with E-state index in [1.807, 2.05) is 12.1 Å². The van der Waals surface area contributed by atoms with E-state index in [9.17, 15) is 4.39 Å². The minimum atomic E-state index is -0.194. The van der Waals surface area contributed by atoms with Crippen LogP contribution in [-0.4, -0.2) is 6.54 Å².